The zero-order valence-electron chi connectivity index (χ0n) is 5.62. The Balaban J connectivity index is 3.34. The minimum absolute atomic E-state index is 1.01. The summed E-state index contributed by atoms with van der Waals surface area (Å²) in [5.41, 5.74) is 2.23. The largest absolute Gasteiger partial charge is 0.0578 e. The van der Waals surface area contributed by atoms with Gasteiger partial charge in [-0.2, -0.15) is 0 Å². The summed E-state index contributed by atoms with van der Waals surface area (Å²) in [5, 5.41) is 0. The maximum absolute atomic E-state index is 3.85. The average molecular weight is 263 g/mol. The zero-order chi connectivity index (χ0) is 7.72. The topological polar surface area (TPSA) is 0 Å². The van der Waals surface area contributed by atoms with Crippen LogP contribution in [0.4, 0.5) is 0 Å². The van der Waals surface area contributed by atoms with Crippen molar-refractivity contribution < 1.29 is 0 Å². The van der Waals surface area contributed by atoms with Gasteiger partial charge in [0.1, 0.15) is 0 Å². The summed E-state index contributed by atoms with van der Waals surface area (Å²) >= 11 is 6.86. The molecule has 0 N–H and O–H groups in total. The molecular formula is C8H7Br2. The minimum Gasteiger partial charge on any atom is -0.0578 e. The third-order valence-electron chi connectivity index (χ3n) is 1.36. The molecule has 53 valence electrons. The Morgan fingerprint density at radius 3 is 2.30 bits per heavy atom. The number of aryl methyl sites for hydroxylation is 1. The van der Waals surface area contributed by atoms with E-state index in [0.717, 1.165) is 14.5 Å². The van der Waals surface area contributed by atoms with Crippen LogP contribution in [-0.4, -0.2) is 0 Å². The van der Waals surface area contributed by atoms with E-state index in [9.17, 15) is 0 Å². The summed E-state index contributed by atoms with van der Waals surface area (Å²) in [6.45, 7) is 5.90. The molecule has 1 rings (SSSR count). The van der Waals surface area contributed by atoms with Gasteiger partial charge in [-0.3, -0.25) is 0 Å². The lowest BCUT2D eigenvalue weighted by atomic mass is 10.2. The van der Waals surface area contributed by atoms with Gasteiger partial charge in [-0.1, -0.05) is 12.1 Å². The second-order valence-electron chi connectivity index (χ2n) is 2.17. The Bertz CT molecular complexity index is 227. The standard InChI is InChI=1S/C8H7Br2/c1-5-3-4-6(2)8(10)7(5)9/h3-4H,1H2,2H3. The number of hydrogen-bond donors (Lipinski definition) is 0. The molecule has 0 aliphatic carbocycles. The molecule has 2 heteroatoms. The Morgan fingerprint density at radius 1 is 1.20 bits per heavy atom. The maximum Gasteiger partial charge on any atom is 0.0352 e. The van der Waals surface area contributed by atoms with E-state index in [4.69, 9.17) is 0 Å². The molecular weight excluding hydrogens is 256 g/mol. The van der Waals surface area contributed by atoms with Crippen LogP contribution in [0.1, 0.15) is 11.1 Å². The molecule has 0 spiro atoms. The third kappa shape index (κ3) is 1.43. The third-order valence-corrected chi connectivity index (χ3v) is 3.82. The van der Waals surface area contributed by atoms with Gasteiger partial charge in [-0.05, 0) is 56.8 Å². The monoisotopic (exact) mass is 261 g/mol. The fraction of sp³-hybridized carbons (Fsp3) is 0.125. The Morgan fingerprint density at radius 2 is 1.80 bits per heavy atom. The van der Waals surface area contributed by atoms with Gasteiger partial charge in [0.25, 0.3) is 0 Å². The first-order valence-electron chi connectivity index (χ1n) is 2.89. The van der Waals surface area contributed by atoms with Gasteiger partial charge < -0.3 is 0 Å². The normalized spacial score (nSPS) is 10.0. The Kier molecular flexibility index (Phi) is 2.53. The maximum atomic E-state index is 3.85. The van der Waals surface area contributed by atoms with Crippen LogP contribution in [0.25, 0.3) is 0 Å². The lowest BCUT2D eigenvalue weighted by Crippen LogP contribution is -1.80. The molecule has 0 aliphatic rings. The second kappa shape index (κ2) is 3.05. The van der Waals surface area contributed by atoms with Gasteiger partial charge in [0, 0.05) is 8.95 Å². The molecule has 0 aliphatic heterocycles. The molecule has 0 saturated heterocycles. The van der Waals surface area contributed by atoms with E-state index in [0.29, 0.717) is 0 Å². The quantitative estimate of drug-likeness (QED) is 0.669. The molecule has 0 atom stereocenters. The molecule has 0 heterocycles. The van der Waals surface area contributed by atoms with Crippen LogP contribution in [0.2, 0.25) is 0 Å². The van der Waals surface area contributed by atoms with Gasteiger partial charge >= 0.3 is 0 Å². The van der Waals surface area contributed by atoms with Crippen molar-refractivity contribution in [3.63, 3.8) is 0 Å². The highest BCUT2D eigenvalue weighted by Gasteiger charge is 2.01. The first kappa shape index (κ1) is 8.28. The second-order valence-corrected chi connectivity index (χ2v) is 3.76. The minimum atomic E-state index is 1.01. The number of rotatable bonds is 0. The zero-order valence-corrected chi connectivity index (χ0v) is 8.79. The van der Waals surface area contributed by atoms with Crippen molar-refractivity contribution in [2.24, 2.45) is 0 Å². The number of halogens is 2. The van der Waals surface area contributed by atoms with Crippen molar-refractivity contribution in [3.8, 4) is 0 Å². The van der Waals surface area contributed by atoms with Crippen molar-refractivity contribution in [1.82, 2.24) is 0 Å². The van der Waals surface area contributed by atoms with Crippen molar-refractivity contribution >= 4 is 31.9 Å². The van der Waals surface area contributed by atoms with E-state index in [1.165, 1.54) is 5.56 Å². The van der Waals surface area contributed by atoms with Crippen LogP contribution in [0.3, 0.4) is 0 Å². The summed E-state index contributed by atoms with van der Waals surface area (Å²) in [6, 6.07) is 4.03. The van der Waals surface area contributed by atoms with Crippen molar-refractivity contribution in [2.45, 2.75) is 6.92 Å². The van der Waals surface area contributed by atoms with E-state index in [-0.39, 0.29) is 0 Å². The van der Waals surface area contributed by atoms with E-state index in [2.05, 4.69) is 38.8 Å². The van der Waals surface area contributed by atoms with E-state index in [1.54, 1.807) is 0 Å². The van der Waals surface area contributed by atoms with Crippen LogP contribution in [0.15, 0.2) is 21.1 Å². The molecule has 0 aromatic heterocycles. The molecule has 0 fully saturated rings. The molecule has 0 nitrogen and oxygen atoms in total. The number of hydrogen-bond acceptors (Lipinski definition) is 0. The summed E-state index contributed by atoms with van der Waals surface area (Å²) in [4.78, 5) is 0. The summed E-state index contributed by atoms with van der Waals surface area (Å²) < 4.78 is 2.15. The highest BCUT2D eigenvalue weighted by Crippen LogP contribution is 2.28. The van der Waals surface area contributed by atoms with Crippen molar-refractivity contribution in [1.29, 1.82) is 0 Å². The molecule has 0 saturated carbocycles. The number of benzene rings is 1. The van der Waals surface area contributed by atoms with Gasteiger partial charge in [-0.25, -0.2) is 0 Å². The SMILES string of the molecule is [CH2]c1ccc(C)c(Br)c1Br. The highest BCUT2D eigenvalue weighted by molar-refractivity contribution is 9.13. The van der Waals surface area contributed by atoms with Crippen LogP contribution in [0, 0.1) is 13.8 Å². The molecule has 10 heavy (non-hydrogen) atoms. The predicted molar refractivity (Wildman–Crippen MR) is 51.0 cm³/mol. The van der Waals surface area contributed by atoms with Crippen molar-refractivity contribution in [3.05, 3.63) is 39.1 Å². The van der Waals surface area contributed by atoms with E-state index >= 15 is 0 Å². The van der Waals surface area contributed by atoms with Gasteiger partial charge in [-0.15, -0.1) is 0 Å². The van der Waals surface area contributed by atoms with Gasteiger partial charge in [0.2, 0.25) is 0 Å². The van der Waals surface area contributed by atoms with Crippen LogP contribution < -0.4 is 0 Å². The van der Waals surface area contributed by atoms with Crippen LogP contribution in [0.5, 0.6) is 0 Å². The Labute approximate surface area is 77.9 Å². The molecule has 1 aromatic carbocycles. The van der Waals surface area contributed by atoms with E-state index in [1.807, 2.05) is 19.1 Å². The van der Waals surface area contributed by atoms with Gasteiger partial charge in [0.05, 0.1) is 0 Å². The molecule has 0 amide bonds. The molecule has 0 unspecified atom stereocenters. The van der Waals surface area contributed by atoms with Crippen LogP contribution >= 0.6 is 31.9 Å². The fourth-order valence-electron chi connectivity index (χ4n) is 0.686. The first-order chi connectivity index (χ1) is 4.63. The first-order valence-corrected chi connectivity index (χ1v) is 4.48. The van der Waals surface area contributed by atoms with Crippen molar-refractivity contribution in [2.75, 3.05) is 0 Å². The van der Waals surface area contributed by atoms with Crippen LogP contribution in [-0.2, 0) is 0 Å². The molecule has 1 radical (unpaired) electrons. The highest BCUT2D eigenvalue weighted by atomic mass is 79.9. The lowest BCUT2D eigenvalue weighted by Gasteiger charge is -2.02. The smallest absolute Gasteiger partial charge is 0.0352 e. The molecule has 0 bridgehead atoms. The summed E-state index contributed by atoms with van der Waals surface area (Å²) in [6.07, 6.45) is 0. The van der Waals surface area contributed by atoms with E-state index < -0.39 is 0 Å². The fourth-order valence-corrected chi connectivity index (χ4v) is 1.52. The Hall–Kier alpha value is 0.180. The predicted octanol–water partition coefficient (Wildman–Crippen LogP) is 3.70. The average Bonchev–Trinajstić information content (AvgIpc) is 1.93. The summed E-state index contributed by atoms with van der Waals surface area (Å²) in [5.74, 6) is 0. The summed E-state index contributed by atoms with van der Waals surface area (Å²) in [7, 11) is 0. The molecule has 1 aromatic rings. The van der Waals surface area contributed by atoms with Gasteiger partial charge in [0.15, 0.2) is 0 Å². The lowest BCUT2D eigenvalue weighted by molar-refractivity contribution is 1.38.